The van der Waals surface area contributed by atoms with E-state index in [-0.39, 0.29) is 5.91 Å². The van der Waals surface area contributed by atoms with Crippen LogP contribution < -0.4 is 5.32 Å². The standard InChI is InChI=1S/C11H9BrN2O3S2/c1-5-8(10(16)17-2)19-11(13-5)14-9(15)6-3-4-7(12)18-6/h3-4H,1-2H3,(H,13,14,15). The lowest BCUT2D eigenvalue weighted by atomic mass is 10.4. The van der Waals surface area contributed by atoms with E-state index in [1.807, 2.05) is 0 Å². The van der Waals surface area contributed by atoms with E-state index in [1.165, 1.54) is 18.4 Å². The van der Waals surface area contributed by atoms with Gasteiger partial charge in [-0.05, 0) is 35.0 Å². The second-order valence-corrected chi connectivity index (χ2v) is 6.95. The topological polar surface area (TPSA) is 68.3 Å². The van der Waals surface area contributed by atoms with E-state index in [1.54, 1.807) is 19.1 Å². The Labute approximate surface area is 125 Å². The molecule has 100 valence electrons. The molecule has 19 heavy (non-hydrogen) atoms. The fourth-order valence-electron chi connectivity index (χ4n) is 1.33. The smallest absolute Gasteiger partial charge is 0.350 e. The van der Waals surface area contributed by atoms with Gasteiger partial charge in [-0.25, -0.2) is 9.78 Å². The number of esters is 1. The van der Waals surface area contributed by atoms with Gasteiger partial charge < -0.3 is 4.74 Å². The fourth-order valence-corrected chi connectivity index (χ4v) is 3.49. The number of thiazole rings is 1. The Hall–Kier alpha value is -1.25. The highest BCUT2D eigenvalue weighted by Crippen LogP contribution is 2.26. The minimum Gasteiger partial charge on any atom is -0.465 e. The van der Waals surface area contributed by atoms with Gasteiger partial charge in [-0.1, -0.05) is 11.3 Å². The van der Waals surface area contributed by atoms with Crippen molar-refractivity contribution in [3.8, 4) is 0 Å². The Kier molecular flexibility index (Phi) is 4.33. The molecule has 2 aromatic rings. The number of hydrogen-bond acceptors (Lipinski definition) is 6. The molecule has 0 aromatic carbocycles. The van der Waals surface area contributed by atoms with Crippen molar-refractivity contribution in [2.24, 2.45) is 0 Å². The van der Waals surface area contributed by atoms with Crippen LogP contribution in [0.15, 0.2) is 15.9 Å². The highest BCUT2D eigenvalue weighted by Gasteiger charge is 2.17. The molecule has 0 spiro atoms. The minimum absolute atomic E-state index is 0.249. The molecule has 2 rings (SSSR count). The van der Waals surface area contributed by atoms with Crippen LogP contribution in [0.3, 0.4) is 0 Å². The molecule has 0 aliphatic heterocycles. The third-order valence-corrected chi connectivity index (χ3v) is 4.86. The number of ether oxygens (including phenoxy) is 1. The quantitative estimate of drug-likeness (QED) is 0.852. The number of nitrogens with zero attached hydrogens (tertiary/aromatic N) is 1. The third kappa shape index (κ3) is 3.20. The highest BCUT2D eigenvalue weighted by atomic mass is 79.9. The SMILES string of the molecule is COC(=O)c1sc(NC(=O)c2ccc(Br)s2)nc1C. The Morgan fingerprint density at radius 2 is 2.11 bits per heavy atom. The maximum absolute atomic E-state index is 11.9. The molecular formula is C11H9BrN2O3S2. The molecule has 0 unspecified atom stereocenters. The van der Waals surface area contributed by atoms with E-state index in [0.29, 0.717) is 20.6 Å². The Balaban J connectivity index is 2.16. The van der Waals surface area contributed by atoms with Gasteiger partial charge in [0, 0.05) is 0 Å². The van der Waals surface area contributed by atoms with Crippen LogP contribution in [0.25, 0.3) is 0 Å². The zero-order chi connectivity index (χ0) is 14.0. The number of aromatic nitrogens is 1. The van der Waals surface area contributed by atoms with Crippen molar-refractivity contribution in [2.75, 3.05) is 12.4 Å². The Bertz CT molecular complexity index is 636. The zero-order valence-electron chi connectivity index (χ0n) is 10.0. The van der Waals surface area contributed by atoms with E-state index >= 15 is 0 Å². The summed E-state index contributed by atoms with van der Waals surface area (Å²) in [6.45, 7) is 1.69. The monoisotopic (exact) mass is 360 g/mol. The second-order valence-electron chi connectivity index (χ2n) is 3.48. The van der Waals surface area contributed by atoms with E-state index in [9.17, 15) is 9.59 Å². The van der Waals surface area contributed by atoms with Crippen LogP contribution in [-0.2, 0) is 4.74 Å². The first-order valence-corrected chi connectivity index (χ1v) is 7.56. The maximum atomic E-state index is 11.9. The zero-order valence-corrected chi connectivity index (χ0v) is 13.2. The molecule has 0 atom stereocenters. The molecular weight excluding hydrogens is 352 g/mol. The number of methoxy groups -OCH3 is 1. The molecule has 0 fully saturated rings. The average molecular weight is 361 g/mol. The second kappa shape index (κ2) is 5.81. The lowest BCUT2D eigenvalue weighted by molar-refractivity contribution is 0.0605. The van der Waals surface area contributed by atoms with Crippen molar-refractivity contribution in [3.63, 3.8) is 0 Å². The van der Waals surface area contributed by atoms with E-state index in [0.717, 1.165) is 15.1 Å². The Morgan fingerprint density at radius 1 is 1.37 bits per heavy atom. The van der Waals surface area contributed by atoms with E-state index < -0.39 is 5.97 Å². The molecule has 1 amide bonds. The van der Waals surface area contributed by atoms with Gasteiger partial charge >= 0.3 is 5.97 Å². The van der Waals surface area contributed by atoms with E-state index in [2.05, 4.69) is 31.0 Å². The first-order valence-electron chi connectivity index (χ1n) is 5.13. The van der Waals surface area contributed by atoms with Crippen molar-refractivity contribution in [3.05, 3.63) is 31.4 Å². The predicted molar refractivity (Wildman–Crippen MR) is 78.2 cm³/mol. The van der Waals surface area contributed by atoms with Crippen molar-refractivity contribution >= 4 is 55.6 Å². The van der Waals surface area contributed by atoms with Gasteiger partial charge in [0.05, 0.1) is 21.5 Å². The molecule has 0 saturated carbocycles. The summed E-state index contributed by atoms with van der Waals surface area (Å²) in [5, 5.41) is 3.04. The van der Waals surface area contributed by atoms with Crippen LogP contribution in [-0.4, -0.2) is 24.0 Å². The molecule has 5 nitrogen and oxygen atoms in total. The number of anilines is 1. The molecule has 0 aliphatic rings. The predicted octanol–water partition coefficient (Wildman–Crippen LogP) is 3.31. The van der Waals surface area contributed by atoms with Crippen LogP contribution in [0.5, 0.6) is 0 Å². The average Bonchev–Trinajstić information content (AvgIpc) is 2.95. The lowest BCUT2D eigenvalue weighted by Crippen LogP contribution is -2.09. The number of nitrogens with one attached hydrogen (secondary N) is 1. The van der Waals surface area contributed by atoms with Gasteiger partial charge in [-0.15, -0.1) is 11.3 Å². The summed E-state index contributed by atoms with van der Waals surface area (Å²) < 4.78 is 5.52. The van der Waals surface area contributed by atoms with Crippen molar-refractivity contribution in [1.82, 2.24) is 4.98 Å². The van der Waals surface area contributed by atoms with Gasteiger partial charge in [0.2, 0.25) is 0 Å². The van der Waals surface area contributed by atoms with Crippen LogP contribution in [0.1, 0.15) is 25.0 Å². The van der Waals surface area contributed by atoms with Gasteiger partial charge in [0.1, 0.15) is 4.88 Å². The third-order valence-electron chi connectivity index (χ3n) is 2.18. The molecule has 2 heterocycles. The summed E-state index contributed by atoms with van der Waals surface area (Å²) in [4.78, 5) is 28.4. The molecule has 8 heteroatoms. The normalized spacial score (nSPS) is 10.3. The van der Waals surface area contributed by atoms with Crippen molar-refractivity contribution in [1.29, 1.82) is 0 Å². The first-order chi connectivity index (χ1) is 9.01. The van der Waals surface area contributed by atoms with Gasteiger partial charge in [0.15, 0.2) is 5.13 Å². The number of thiophene rings is 1. The number of amides is 1. The number of carbonyl (C=O) groups excluding carboxylic acids is 2. The van der Waals surface area contributed by atoms with Crippen LogP contribution in [0.2, 0.25) is 0 Å². The van der Waals surface area contributed by atoms with Crippen molar-refractivity contribution < 1.29 is 14.3 Å². The largest absolute Gasteiger partial charge is 0.465 e. The number of halogens is 1. The minimum atomic E-state index is -0.450. The van der Waals surface area contributed by atoms with Crippen LogP contribution in [0.4, 0.5) is 5.13 Å². The number of aryl methyl sites for hydroxylation is 1. The molecule has 0 aliphatic carbocycles. The van der Waals surface area contributed by atoms with Gasteiger partial charge in [-0.3, -0.25) is 10.1 Å². The molecule has 2 aromatic heterocycles. The highest BCUT2D eigenvalue weighted by molar-refractivity contribution is 9.11. The molecule has 0 bridgehead atoms. The molecule has 0 radical (unpaired) electrons. The molecule has 1 N–H and O–H groups in total. The van der Waals surface area contributed by atoms with Crippen LogP contribution >= 0.6 is 38.6 Å². The number of hydrogen-bond donors (Lipinski definition) is 1. The summed E-state index contributed by atoms with van der Waals surface area (Å²) in [7, 11) is 1.31. The summed E-state index contributed by atoms with van der Waals surface area (Å²) in [6, 6.07) is 3.51. The number of carbonyl (C=O) groups is 2. The maximum Gasteiger partial charge on any atom is 0.350 e. The van der Waals surface area contributed by atoms with Gasteiger partial charge in [-0.2, -0.15) is 0 Å². The summed E-state index contributed by atoms with van der Waals surface area (Å²) >= 11 is 5.72. The Morgan fingerprint density at radius 3 is 2.68 bits per heavy atom. The van der Waals surface area contributed by atoms with Crippen molar-refractivity contribution in [2.45, 2.75) is 6.92 Å². The molecule has 0 saturated heterocycles. The fraction of sp³-hybridized carbons (Fsp3) is 0.182. The lowest BCUT2D eigenvalue weighted by Gasteiger charge is -1.97. The van der Waals surface area contributed by atoms with Crippen LogP contribution in [0, 0.1) is 6.92 Å². The van der Waals surface area contributed by atoms with E-state index in [4.69, 9.17) is 0 Å². The number of rotatable bonds is 3. The summed E-state index contributed by atoms with van der Waals surface area (Å²) in [5.41, 5.74) is 0.541. The summed E-state index contributed by atoms with van der Waals surface area (Å²) in [5.74, 6) is -0.699. The van der Waals surface area contributed by atoms with Gasteiger partial charge in [0.25, 0.3) is 5.91 Å². The summed E-state index contributed by atoms with van der Waals surface area (Å²) in [6.07, 6.45) is 0. The first kappa shape index (κ1) is 14.2.